The number of hydrogen-bond acceptors (Lipinski definition) is 2. The van der Waals surface area contributed by atoms with Gasteiger partial charge in [0.15, 0.2) is 0 Å². The summed E-state index contributed by atoms with van der Waals surface area (Å²) in [6.45, 7) is 3.59. The minimum atomic E-state index is 1.14. The van der Waals surface area contributed by atoms with Crippen LogP contribution in [0.2, 0.25) is 0 Å². The SMILES string of the molecule is C1=CCN(CCc2ccsc2)CC1. The van der Waals surface area contributed by atoms with E-state index >= 15 is 0 Å². The number of nitrogens with zero attached hydrogens (tertiary/aromatic N) is 1. The van der Waals surface area contributed by atoms with E-state index in [1.807, 2.05) is 0 Å². The van der Waals surface area contributed by atoms with Crippen molar-refractivity contribution in [3.05, 3.63) is 34.5 Å². The Kier molecular flexibility index (Phi) is 3.16. The Morgan fingerprint density at radius 3 is 3.08 bits per heavy atom. The minimum absolute atomic E-state index is 1.14. The smallest absolute Gasteiger partial charge is 0.0163 e. The highest BCUT2D eigenvalue weighted by molar-refractivity contribution is 7.07. The van der Waals surface area contributed by atoms with Crippen molar-refractivity contribution in [2.24, 2.45) is 0 Å². The van der Waals surface area contributed by atoms with Crippen molar-refractivity contribution >= 4 is 11.3 Å². The first-order valence-corrected chi connectivity index (χ1v) is 5.78. The Labute approximate surface area is 83.7 Å². The van der Waals surface area contributed by atoms with Gasteiger partial charge in [0, 0.05) is 19.6 Å². The zero-order valence-corrected chi connectivity index (χ0v) is 8.59. The first-order valence-electron chi connectivity index (χ1n) is 4.83. The van der Waals surface area contributed by atoms with E-state index in [0.29, 0.717) is 0 Å². The monoisotopic (exact) mass is 193 g/mol. The van der Waals surface area contributed by atoms with Crippen molar-refractivity contribution in [1.82, 2.24) is 4.90 Å². The van der Waals surface area contributed by atoms with Gasteiger partial charge in [-0.25, -0.2) is 0 Å². The number of hydrogen-bond donors (Lipinski definition) is 0. The van der Waals surface area contributed by atoms with Crippen LogP contribution in [0.5, 0.6) is 0 Å². The molecule has 0 aliphatic carbocycles. The van der Waals surface area contributed by atoms with Gasteiger partial charge in [-0.3, -0.25) is 4.90 Å². The zero-order valence-electron chi connectivity index (χ0n) is 7.78. The van der Waals surface area contributed by atoms with Crippen LogP contribution in [-0.4, -0.2) is 24.5 Å². The van der Waals surface area contributed by atoms with Crippen LogP contribution in [0, 0.1) is 0 Å². The molecule has 0 unspecified atom stereocenters. The summed E-state index contributed by atoms with van der Waals surface area (Å²) in [5, 5.41) is 4.41. The van der Waals surface area contributed by atoms with Crippen LogP contribution >= 0.6 is 11.3 Å². The molecule has 1 aromatic heterocycles. The molecule has 0 fully saturated rings. The molecule has 0 bridgehead atoms. The van der Waals surface area contributed by atoms with Crippen molar-refractivity contribution in [3.8, 4) is 0 Å². The highest BCUT2D eigenvalue weighted by Crippen LogP contribution is 2.08. The van der Waals surface area contributed by atoms with E-state index in [9.17, 15) is 0 Å². The van der Waals surface area contributed by atoms with Crippen molar-refractivity contribution in [2.75, 3.05) is 19.6 Å². The average molecular weight is 193 g/mol. The Morgan fingerprint density at radius 1 is 1.38 bits per heavy atom. The van der Waals surface area contributed by atoms with Crippen LogP contribution in [0.1, 0.15) is 12.0 Å². The Hall–Kier alpha value is -0.600. The lowest BCUT2D eigenvalue weighted by atomic mass is 10.2. The Morgan fingerprint density at radius 2 is 2.38 bits per heavy atom. The van der Waals surface area contributed by atoms with E-state index in [-0.39, 0.29) is 0 Å². The minimum Gasteiger partial charge on any atom is -0.299 e. The third kappa shape index (κ3) is 2.68. The molecule has 13 heavy (non-hydrogen) atoms. The van der Waals surface area contributed by atoms with Gasteiger partial charge in [0.05, 0.1) is 0 Å². The second kappa shape index (κ2) is 4.58. The second-order valence-corrected chi connectivity index (χ2v) is 4.22. The molecule has 0 amide bonds. The Balaban J connectivity index is 1.76. The van der Waals surface area contributed by atoms with Gasteiger partial charge in [-0.05, 0) is 35.2 Å². The van der Waals surface area contributed by atoms with Crippen molar-refractivity contribution in [1.29, 1.82) is 0 Å². The maximum Gasteiger partial charge on any atom is 0.0163 e. The summed E-state index contributed by atoms with van der Waals surface area (Å²) in [7, 11) is 0. The molecule has 2 heteroatoms. The molecule has 0 N–H and O–H groups in total. The van der Waals surface area contributed by atoms with Crippen LogP contribution in [-0.2, 0) is 6.42 Å². The van der Waals surface area contributed by atoms with Gasteiger partial charge < -0.3 is 0 Å². The third-order valence-corrected chi connectivity index (χ3v) is 3.17. The molecule has 0 radical (unpaired) electrons. The number of rotatable bonds is 3. The predicted octanol–water partition coefficient (Wildman–Crippen LogP) is 2.55. The highest BCUT2D eigenvalue weighted by atomic mass is 32.1. The molecule has 1 nitrogen and oxygen atoms in total. The lowest BCUT2D eigenvalue weighted by molar-refractivity contribution is 0.302. The molecule has 1 aliphatic rings. The lowest BCUT2D eigenvalue weighted by Gasteiger charge is -2.22. The third-order valence-electron chi connectivity index (χ3n) is 2.44. The van der Waals surface area contributed by atoms with Gasteiger partial charge in [-0.15, -0.1) is 0 Å². The summed E-state index contributed by atoms with van der Waals surface area (Å²) >= 11 is 1.79. The molecule has 2 heterocycles. The van der Waals surface area contributed by atoms with E-state index in [1.54, 1.807) is 11.3 Å². The molecule has 1 aliphatic heterocycles. The maximum atomic E-state index is 2.51. The van der Waals surface area contributed by atoms with Gasteiger partial charge in [0.25, 0.3) is 0 Å². The Bertz CT molecular complexity index is 264. The largest absolute Gasteiger partial charge is 0.299 e. The van der Waals surface area contributed by atoms with E-state index in [0.717, 1.165) is 6.54 Å². The normalized spacial score (nSPS) is 17.8. The molecular weight excluding hydrogens is 178 g/mol. The highest BCUT2D eigenvalue weighted by Gasteiger charge is 2.05. The molecule has 70 valence electrons. The van der Waals surface area contributed by atoms with Crippen LogP contribution in [0.3, 0.4) is 0 Å². The molecule has 2 rings (SSSR count). The van der Waals surface area contributed by atoms with E-state index in [2.05, 4.69) is 33.9 Å². The van der Waals surface area contributed by atoms with Gasteiger partial charge in [-0.2, -0.15) is 11.3 Å². The van der Waals surface area contributed by atoms with E-state index < -0.39 is 0 Å². The zero-order chi connectivity index (χ0) is 8.93. The molecule has 0 atom stereocenters. The topological polar surface area (TPSA) is 3.24 Å². The summed E-state index contributed by atoms with van der Waals surface area (Å²) in [5.41, 5.74) is 1.49. The van der Waals surface area contributed by atoms with Crippen LogP contribution in [0.25, 0.3) is 0 Å². The van der Waals surface area contributed by atoms with Crippen molar-refractivity contribution in [2.45, 2.75) is 12.8 Å². The average Bonchev–Trinajstić information content (AvgIpc) is 2.69. The fourth-order valence-electron chi connectivity index (χ4n) is 1.62. The fraction of sp³-hybridized carbons (Fsp3) is 0.455. The summed E-state index contributed by atoms with van der Waals surface area (Å²) in [6.07, 6.45) is 6.99. The van der Waals surface area contributed by atoms with Crippen molar-refractivity contribution < 1.29 is 0 Å². The number of thiophene rings is 1. The molecule has 0 spiro atoms. The molecular formula is C11H15NS. The van der Waals surface area contributed by atoms with E-state index in [4.69, 9.17) is 0 Å². The quantitative estimate of drug-likeness (QED) is 0.667. The molecule has 0 saturated heterocycles. The van der Waals surface area contributed by atoms with E-state index in [1.165, 1.54) is 31.5 Å². The first-order chi connectivity index (χ1) is 6.45. The van der Waals surface area contributed by atoms with Gasteiger partial charge in [0.1, 0.15) is 0 Å². The fourth-order valence-corrected chi connectivity index (χ4v) is 2.32. The standard InChI is InChI=1S/C11H15NS/c1-2-6-12(7-3-1)8-4-11-5-9-13-10-11/h1-2,5,9-10H,3-4,6-8H2. The summed E-state index contributed by atoms with van der Waals surface area (Å²) in [4.78, 5) is 2.51. The summed E-state index contributed by atoms with van der Waals surface area (Å²) < 4.78 is 0. The molecule has 0 aromatic carbocycles. The predicted molar refractivity (Wildman–Crippen MR) is 58.2 cm³/mol. The summed E-state index contributed by atoms with van der Waals surface area (Å²) in [6, 6.07) is 2.23. The van der Waals surface area contributed by atoms with Crippen LogP contribution in [0.4, 0.5) is 0 Å². The van der Waals surface area contributed by atoms with Crippen LogP contribution < -0.4 is 0 Å². The first kappa shape index (κ1) is 8.97. The maximum absolute atomic E-state index is 2.51. The van der Waals surface area contributed by atoms with Gasteiger partial charge >= 0.3 is 0 Å². The van der Waals surface area contributed by atoms with Gasteiger partial charge in [0.2, 0.25) is 0 Å². The molecule has 0 saturated carbocycles. The second-order valence-electron chi connectivity index (χ2n) is 3.44. The summed E-state index contributed by atoms with van der Waals surface area (Å²) in [5.74, 6) is 0. The van der Waals surface area contributed by atoms with Crippen molar-refractivity contribution in [3.63, 3.8) is 0 Å². The molecule has 1 aromatic rings. The lowest BCUT2D eigenvalue weighted by Crippen LogP contribution is -2.29. The van der Waals surface area contributed by atoms with Gasteiger partial charge in [-0.1, -0.05) is 12.2 Å². The van der Waals surface area contributed by atoms with Crippen LogP contribution in [0.15, 0.2) is 29.0 Å².